The Bertz CT molecular complexity index is 623. The van der Waals surface area contributed by atoms with Crippen molar-refractivity contribution < 1.29 is 22.4 Å². The molecule has 0 bridgehead atoms. The van der Waals surface area contributed by atoms with Crippen LogP contribution in [-0.2, 0) is 14.8 Å². The van der Waals surface area contributed by atoms with E-state index in [0.717, 1.165) is 19.3 Å². The third-order valence-electron chi connectivity index (χ3n) is 3.82. The predicted octanol–water partition coefficient (Wildman–Crippen LogP) is 0.780. The molecule has 1 fully saturated rings. The van der Waals surface area contributed by atoms with Crippen LogP contribution >= 0.6 is 0 Å². The lowest BCUT2D eigenvalue weighted by Gasteiger charge is -2.19. The quantitative estimate of drug-likeness (QED) is 0.776. The summed E-state index contributed by atoms with van der Waals surface area (Å²) in [5.74, 6) is -0.533. The lowest BCUT2D eigenvalue weighted by Crippen LogP contribution is -2.39. The van der Waals surface area contributed by atoms with Gasteiger partial charge in [-0.05, 0) is 32.2 Å². The number of furan rings is 1. The first-order valence-electron chi connectivity index (χ1n) is 6.80. The first-order chi connectivity index (χ1) is 9.89. The van der Waals surface area contributed by atoms with Gasteiger partial charge in [0, 0.05) is 12.1 Å². The van der Waals surface area contributed by atoms with Crippen molar-refractivity contribution in [2.45, 2.75) is 37.1 Å². The van der Waals surface area contributed by atoms with E-state index in [1.54, 1.807) is 0 Å². The van der Waals surface area contributed by atoms with Gasteiger partial charge in [0.2, 0.25) is 15.8 Å². The number of nitrogens with one attached hydrogen (secondary N) is 1. The molecule has 2 atom stereocenters. The van der Waals surface area contributed by atoms with Gasteiger partial charge in [-0.1, -0.05) is 6.42 Å². The first-order valence-corrected chi connectivity index (χ1v) is 8.28. The smallest absolute Gasteiger partial charge is 0.373 e. The highest BCUT2D eigenvalue weighted by atomic mass is 32.2. The highest BCUT2D eigenvalue weighted by Crippen LogP contribution is 2.27. The highest BCUT2D eigenvalue weighted by Gasteiger charge is 2.32. The van der Waals surface area contributed by atoms with Crippen molar-refractivity contribution in [3.05, 3.63) is 17.6 Å². The largest absolute Gasteiger partial charge is 0.463 e. The maximum atomic E-state index is 12.4. The Balaban J connectivity index is 2.23. The lowest BCUT2D eigenvalue weighted by molar-refractivity contribution is 0.0563. The van der Waals surface area contributed by atoms with Crippen LogP contribution in [0.3, 0.4) is 0 Å². The standard InChI is InChI=1S/C13H20N2O5S/c1-8-12(6-11(20-8)13(16)19-2)21(17,18)15-10-5-3-4-9(10)7-14/h6,9-10,15H,3-5,7,14H2,1-2H3. The van der Waals surface area contributed by atoms with Gasteiger partial charge < -0.3 is 14.9 Å². The molecule has 2 rings (SSSR count). The van der Waals surface area contributed by atoms with Crippen molar-refractivity contribution in [2.24, 2.45) is 11.7 Å². The Morgan fingerprint density at radius 3 is 2.86 bits per heavy atom. The summed E-state index contributed by atoms with van der Waals surface area (Å²) >= 11 is 0. The number of ether oxygens (including phenoxy) is 1. The van der Waals surface area contributed by atoms with Gasteiger partial charge in [0.25, 0.3) is 0 Å². The SMILES string of the molecule is COC(=O)c1cc(S(=O)(=O)NC2CCCC2CN)c(C)o1. The fourth-order valence-corrected chi connectivity index (χ4v) is 4.19. The Morgan fingerprint density at radius 1 is 1.52 bits per heavy atom. The van der Waals surface area contributed by atoms with Gasteiger partial charge in [-0.15, -0.1) is 0 Å². The molecule has 0 radical (unpaired) electrons. The molecule has 0 amide bonds. The summed E-state index contributed by atoms with van der Waals surface area (Å²) in [4.78, 5) is 11.4. The van der Waals surface area contributed by atoms with Crippen LogP contribution in [0.1, 0.15) is 35.6 Å². The van der Waals surface area contributed by atoms with Gasteiger partial charge in [0.15, 0.2) is 0 Å². The van der Waals surface area contributed by atoms with Gasteiger partial charge in [-0.25, -0.2) is 17.9 Å². The summed E-state index contributed by atoms with van der Waals surface area (Å²) in [7, 11) is -2.54. The van der Waals surface area contributed by atoms with Crippen LogP contribution in [0.5, 0.6) is 0 Å². The van der Waals surface area contributed by atoms with E-state index in [1.165, 1.54) is 20.1 Å². The second-order valence-electron chi connectivity index (χ2n) is 5.18. The maximum Gasteiger partial charge on any atom is 0.373 e. The predicted molar refractivity (Wildman–Crippen MR) is 75.3 cm³/mol. The van der Waals surface area contributed by atoms with E-state index < -0.39 is 16.0 Å². The zero-order valence-corrected chi connectivity index (χ0v) is 12.9. The number of aryl methyl sites for hydroxylation is 1. The Hall–Kier alpha value is -1.38. The minimum absolute atomic E-state index is 0.0365. The second-order valence-corrected chi connectivity index (χ2v) is 6.86. The summed E-state index contributed by atoms with van der Waals surface area (Å²) in [6, 6.07) is 1.02. The zero-order chi connectivity index (χ0) is 15.6. The number of rotatable bonds is 5. The molecule has 118 valence electrons. The summed E-state index contributed by atoms with van der Waals surface area (Å²) in [6.07, 6.45) is 2.64. The van der Waals surface area contributed by atoms with E-state index in [4.69, 9.17) is 10.2 Å². The minimum atomic E-state index is -3.75. The van der Waals surface area contributed by atoms with E-state index in [2.05, 4.69) is 9.46 Å². The van der Waals surface area contributed by atoms with Gasteiger partial charge >= 0.3 is 5.97 Å². The number of esters is 1. The molecule has 0 aromatic carbocycles. The van der Waals surface area contributed by atoms with Crippen LogP contribution in [0.2, 0.25) is 0 Å². The molecule has 2 unspecified atom stereocenters. The van der Waals surface area contributed by atoms with E-state index in [0.29, 0.717) is 6.54 Å². The monoisotopic (exact) mass is 316 g/mol. The zero-order valence-electron chi connectivity index (χ0n) is 12.1. The fourth-order valence-electron chi connectivity index (χ4n) is 2.67. The van der Waals surface area contributed by atoms with Crippen molar-refractivity contribution in [3.63, 3.8) is 0 Å². The number of methoxy groups -OCH3 is 1. The highest BCUT2D eigenvalue weighted by molar-refractivity contribution is 7.89. The number of hydrogen-bond acceptors (Lipinski definition) is 6. The van der Waals surface area contributed by atoms with Crippen LogP contribution in [0.15, 0.2) is 15.4 Å². The Labute approximate surface area is 123 Å². The fraction of sp³-hybridized carbons (Fsp3) is 0.615. The third-order valence-corrected chi connectivity index (χ3v) is 5.41. The van der Waals surface area contributed by atoms with Gasteiger partial charge in [0.1, 0.15) is 10.7 Å². The van der Waals surface area contributed by atoms with Gasteiger partial charge in [-0.2, -0.15) is 0 Å². The number of nitrogens with two attached hydrogens (primary N) is 1. The van der Waals surface area contributed by atoms with Gasteiger partial charge in [-0.3, -0.25) is 0 Å². The second kappa shape index (κ2) is 6.17. The topological polar surface area (TPSA) is 112 Å². The molecule has 1 heterocycles. The number of carbonyl (C=O) groups excluding carboxylic acids is 1. The molecule has 1 aliphatic rings. The van der Waals surface area contributed by atoms with Crippen molar-refractivity contribution in [1.29, 1.82) is 0 Å². The minimum Gasteiger partial charge on any atom is -0.463 e. The normalized spacial score (nSPS) is 22.4. The number of hydrogen-bond donors (Lipinski definition) is 2. The summed E-state index contributed by atoms with van der Waals surface area (Å²) in [5.41, 5.74) is 5.66. The van der Waals surface area contributed by atoms with Crippen molar-refractivity contribution >= 4 is 16.0 Å². The molecule has 1 aromatic rings. The van der Waals surface area contributed by atoms with E-state index in [1.807, 2.05) is 0 Å². The molecular weight excluding hydrogens is 296 g/mol. The first kappa shape index (κ1) is 16.0. The van der Waals surface area contributed by atoms with E-state index >= 15 is 0 Å². The average molecular weight is 316 g/mol. The van der Waals surface area contributed by atoms with Crippen molar-refractivity contribution in [2.75, 3.05) is 13.7 Å². The van der Waals surface area contributed by atoms with Crippen LogP contribution in [0, 0.1) is 12.8 Å². The van der Waals surface area contributed by atoms with Crippen LogP contribution < -0.4 is 10.5 Å². The molecule has 8 heteroatoms. The molecule has 0 saturated heterocycles. The molecule has 21 heavy (non-hydrogen) atoms. The molecule has 1 aromatic heterocycles. The van der Waals surface area contributed by atoms with Crippen LogP contribution in [0.4, 0.5) is 0 Å². The van der Waals surface area contributed by atoms with E-state index in [9.17, 15) is 13.2 Å². The maximum absolute atomic E-state index is 12.4. The van der Waals surface area contributed by atoms with E-state index in [-0.39, 0.29) is 28.4 Å². The van der Waals surface area contributed by atoms with Crippen molar-refractivity contribution in [3.8, 4) is 0 Å². The average Bonchev–Trinajstić information content (AvgIpc) is 3.03. The third kappa shape index (κ3) is 3.28. The van der Waals surface area contributed by atoms with Crippen LogP contribution in [0.25, 0.3) is 0 Å². The summed E-state index contributed by atoms with van der Waals surface area (Å²) < 4.78 is 37.2. The summed E-state index contributed by atoms with van der Waals surface area (Å²) in [6.45, 7) is 1.95. The Kier molecular flexibility index (Phi) is 4.70. The molecule has 1 saturated carbocycles. The molecule has 0 aliphatic heterocycles. The Morgan fingerprint density at radius 2 is 2.24 bits per heavy atom. The number of carbonyl (C=O) groups is 1. The van der Waals surface area contributed by atoms with Crippen LogP contribution in [-0.4, -0.2) is 34.1 Å². The molecular formula is C13H20N2O5S. The van der Waals surface area contributed by atoms with Crippen molar-refractivity contribution in [1.82, 2.24) is 4.72 Å². The number of sulfonamides is 1. The summed E-state index contributed by atoms with van der Waals surface area (Å²) in [5, 5.41) is 0. The molecule has 1 aliphatic carbocycles. The van der Waals surface area contributed by atoms with Gasteiger partial charge in [0.05, 0.1) is 7.11 Å². The molecule has 7 nitrogen and oxygen atoms in total. The molecule has 0 spiro atoms. The lowest BCUT2D eigenvalue weighted by atomic mass is 10.1. The molecule has 3 N–H and O–H groups in total.